The molecule has 2 N–H and O–H groups in total. The van der Waals surface area contributed by atoms with E-state index in [1.54, 1.807) is 0 Å². The van der Waals surface area contributed by atoms with Gasteiger partial charge in [0.05, 0.1) is 13.0 Å². The number of carbonyl (C=O) groups is 2. The number of amides is 2. The zero-order valence-corrected chi connectivity index (χ0v) is 15.9. The van der Waals surface area contributed by atoms with E-state index >= 15 is 0 Å². The number of rotatable bonds is 8. The zero-order valence-electron chi connectivity index (χ0n) is 15.9. The van der Waals surface area contributed by atoms with Gasteiger partial charge in [-0.05, 0) is 68.4 Å². The summed E-state index contributed by atoms with van der Waals surface area (Å²) in [7, 11) is 0. The molecule has 0 heterocycles. The van der Waals surface area contributed by atoms with Crippen molar-refractivity contribution < 1.29 is 14.3 Å². The topological polar surface area (TPSA) is 67.4 Å². The van der Waals surface area contributed by atoms with E-state index < -0.39 is 0 Å². The Hall–Kier alpha value is -2.04. The summed E-state index contributed by atoms with van der Waals surface area (Å²) in [5, 5.41) is 5.96. The van der Waals surface area contributed by atoms with Crippen LogP contribution in [0.15, 0.2) is 30.3 Å². The van der Waals surface area contributed by atoms with Crippen LogP contribution in [0, 0.1) is 23.2 Å². The molecule has 4 fully saturated rings. The molecule has 27 heavy (non-hydrogen) atoms. The van der Waals surface area contributed by atoms with Crippen molar-refractivity contribution in [2.75, 3.05) is 19.7 Å². The fraction of sp³-hybridized carbons (Fsp3) is 0.636. The molecule has 0 unspecified atom stereocenters. The predicted molar refractivity (Wildman–Crippen MR) is 103 cm³/mol. The number of benzene rings is 1. The molecule has 0 spiro atoms. The highest BCUT2D eigenvalue weighted by Crippen LogP contribution is 2.60. The van der Waals surface area contributed by atoms with Crippen molar-refractivity contribution in [3.8, 4) is 5.75 Å². The second-order valence-corrected chi connectivity index (χ2v) is 8.72. The van der Waals surface area contributed by atoms with E-state index in [1.807, 2.05) is 30.3 Å². The van der Waals surface area contributed by atoms with Gasteiger partial charge in [0.25, 0.3) is 0 Å². The van der Waals surface area contributed by atoms with Crippen LogP contribution in [0.5, 0.6) is 5.75 Å². The summed E-state index contributed by atoms with van der Waals surface area (Å²) >= 11 is 0. The van der Waals surface area contributed by atoms with Gasteiger partial charge in [-0.15, -0.1) is 0 Å². The first-order valence-corrected chi connectivity index (χ1v) is 10.4. The highest BCUT2D eigenvalue weighted by molar-refractivity contribution is 5.83. The first kappa shape index (κ1) is 18.3. The Morgan fingerprint density at radius 1 is 0.926 bits per heavy atom. The summed E-state index contributed by atoms with van der Waals surface area (Å²) in [6, 6.07) is 9.48. The molecule has 2 amide bonds. The summed E-state index contributed by atoms with van der Waals surface area (Å²) in [6.07, 6.45) is 7.57. The summed E-state index contributed by atoms with van der Waals surface area (Å²) < 4.78 is 5.53. The van der Waals surface area contributed by atoms with Crippen LogP contribution < -0.4 is 15.4 Å². The maximum absolute atomic E-state index is 12.8. The van der Waals surface area contributed by atoms with Gasteiger partial charge in [0.15, 0.2) is 0 Å². The second kappa shape index (κ2) is 7.91. The van der Waals surface area contributed by atoms with Crippen molar-refractivity contribution >= 4 is 11.8 Å². The van der Waals surface area contributed by atoms with Gasteiger partial charge in [0.2, 0.25) is 11.8 Å². The van der Waals surface area contributed by atoms with Crippen LogP contribution in [0.4, 0.5) is 0 Å². The van der Waals surface area contributed by atoms with Crippen molar-refractivity contribution in [3.63, 3.8) is 0 Å². The lowest BCUT2D eigenvalue weighted by Crippen LogP contribution is -2.54. The molecule has 0 atom stereocenters. The van der Waals surface area contributed by atoms with E-state index in [0.29, 0.717) is 26.1 Å². The minimum atomic E-state index is -0.109. The van der Waals surface area contributed by atoms with E-state index in [2.05, 4.69) is 10.6 Å². The Morgan fingerprint density at radius 2 is 1.52 bits per heavy atom. The Kier molecular flexibility index (Phi) is 5.37. The van der Waals surface area contributed by atoms with Crippen LogP contribution in [-0.2, 0) is 9.59 Å². The van der Waals surface area contributed by atoms with Crippen molar-refractivity contribution in [1.29, 1.82) is 0 Å². The maximum atomic E-state index is 12.8. The van der Waals surface area contributed by atoms with Crippen LogP contribution in [0.2, 0.25) is 0 Å². The molecule has 4 bridgehead atoms. The van der Waals surface area contributed by atoms with Crippen LogP contribution in [0.3, 0.4) is 0 Å². The number of hydrogen-bond acceptors (Lipinski definition) is 3. The molecular weight excluding hydrogens is 340 g/mol. The van der Waals surface area contributed by atoms with Gasteiger partial charge in [0, 0.05) is 18.5 Å². The van der Waals surface area contributed by atoms with Crippen molar-refractivity contribution in [2.45, 2.75) is 44.9 Å². The molecule has 1 aromatic rings. The molecule has 0 aliphatic heterocycles. The first-order chi connectivity index (χ1) is 13.1. The monoisotopic (exact) mass is 370 g/mol. The minimum Gasteiger partial charge on any atom is -0.493 e. The second-order valence-electron chi connectivity index (χ2n) is 8.72. The molecule has 1 aromatic carbocycles. The maximum Gasteiger partial charge on any atom is 0.226 e. The SMILES string of the molecule is O=C(CCOc1ccccc1)NCCNC(=O)C12CC3CC(CC(C3)C1)C2. The third-order valence-electron chi connectivity index (χ3n) is 6.59. The molecule has 4 aliphatic rings. The number of hydrogen-bond donors (Lipinski definition) is 2. The number of carbonyl (C=O) groups excluding carboxylic acids is 2. The Balaban J connectivity index is 1.13. The highest BCUT2D eigenvalue weighted by atomic mass is 16.5. The lowest BCUT2D eigenvalue weighted by molar-refractivity contribution is -0.146. The van der Waals surface area contributed by atoms with E-state index in [1.165, 1.54) is 19.3 Å². The third kappa shape index (κ3) is 4.28. The number of ether oxygens (including phenoxy) is 1. The molecular formula is C22H30N2O3. The van der Waals surface area contributed by atoms with Gasteiger partial charge < -0.3 is 15.4 Å². The smallest absolute Gasteiger partial charge is 0.226 e. The molecule has 5 nitrogen and oxygen atoms in total. The Labute approximate surface area is 161 Å². The van der Waals surface area contributed by atoms with Crippen molar-refractivity contribution in [3.05, 3.63) is 30.3 Å². The molecule has 4 saturated carbocycles. The van der Waals surface area contributed by atoms with Crippen LogP contribution in [0.1, 0.15) is 44.9 Å². The lowest BCUT2D eigenvalue weighted by Gasteiger charge is -2.55. The van der Waals surface area contributed by atoms with Crippen LogP contribution in [0.25, 0.3) is 0 Å². The normalized spacial score (nSPS) is 30.7. The fourth-order valence-electron chi connectivity index (χ4n) is 5.82. The van der Waals surface area contributed by atoms with Crippen molar-refractivity contribution in [2.24, 2.45) is 23.2 Å². The van der Waals surface area contributed by atoms with Gasteiger partial charge in [0.1, 0.15) is 5.75 Å². The van der Waals surface area contributed by atoms with Gasteiger partial charge in [-0.3, -0.25) is 9.59 Å². The van der Waals surface area contributed by atoms with E-state index in [0.717, 1.165) is 42.8 Å². The average molecular weight is 370 g/mol. The molecule has 5 heteroatoms. The largest absolute Gasteiger partial charge is 0.493 e. The summed E-state index contributed by atoms with van der Waals surface area (Å²) in [5.74, 6) is 3.26. The predicted octanol–water partition coefficient (Wildman–Crippen LogP) is 2.90. The summed E-state index contributed by atoms with van der Waals surface area (Å²) in [6.45, 7) is 1.34. The minimum absolute atomic E-state index is 0.0463. The first-order valence-electron chi connectivity index (χ1n) is 10.4. The quantitative estimate of drug-likeness (QED) is 0.692. The molecule has 0 radical (unpaired) electrons. The molecule has 5 rings (SSSR count). The summed E-state index contributed by atoms with van der Waals surface area (Å²) in [5.41, 5.74) is -0.109. The van der Waals surface area contributed by atoms with Crippen molar-refractivity contribution in [1.82, 2.24) is 10.6 Å². The van der Waals surface area contributed by atoms with Gasteiger partial charge >= 0.3 is 0 Å². The standard InChI is InChI=1S/C22H30N2O3/c25-20(6-9-27-19-4-2-1-3-5-19)23-7-8-24-21(26)22-13-16-10-17(14-22)12-18(11-16)15-22/h1-5,16-18H,6-15H2,(H,23,25)(H,24,26). The molecule has 146 valence electrons. The average Bonchev–Trinajstić information content (AvgIpc) is 2.65. The third-order valence-corrected chi connectivity index (χ3v) is 6.59. The van der Waals surface area contributed by atoms with Gasteiger partial charge in [-0.25, -0.2) is 0 Å². The number of nitrogens with one attached hydrogen (secondary N) is 2. The van der Waals surface area contributed by atoms with Gasteiger partial charge in [-0.2, -0.15) is 0 Å². The molecule has 0 saturated heterocycles. The number of para-hydroxylation sites is 1. The Bertz CT molecular complexity index is 638. The highest BCUT2D eigenvalue weighted by Gasteiger charge is 2.54. The Morgan fingerprint density at radius 3 is 2.15 bits per heavy atom. The summed E-state index contributed by atoms with van der Waals surface area (Å²) in [4.78, 5) is 24.7. The van der Waals surface area contributed by atoms with E-state index in [4.69, 9.17) is 4.74 Å². The zero-order chi connectivity index (χ0) is 18.7. The lowest BCUT2D eigenvalue weighted by atomic mass is 9.49. The van der Waals surface area contributed by atoms with Crippen LogP contribution >= 0.6 is 0 Å². The molecule has 0 aromatic heterocycles. The van der Waals surface area contributed by atoms with E-state index in [-0.39, 0.29) is 17.2 Å². The van der Waals surface area contributed by atoms with E-state index in [9.17, 15) is 9.59 Å². The van der Waals surface area contributed by atoms with Crippen LogP contribution in [-0.4, -0.2) is 31.5 Å². The molecule has 4 aliphatic carbocycles. The van der Waals surface area contributed by atoms with Gasteiger partial charge in [-0.1, -0.05) is 18.2 Å². The fourth-order valence-corrected chi connectivity index (χ4v) is 5.82.